The molecule has 7 heteroatoms. The third-order valence-electron chi connectivity index (χ3n) is 0. The fraction of sp³-hybridized carbons (Fsp3) is 0. The van der Waals surface area contributed by atoms with E-state index in [0.29, 0.717) is 0 Å². The Morgan fingerprint density at radius 3 is 1.29 bits per heavy atom. The van der Waals surface area contributed by atoms with E-state index >= 15 is 0 Å². The smallest absolute Gasteiger partial charge is 1.00 e. The van der Waals surface area contributed by atoms with Gasteiger partial charge in [0.15, 0.2) is 17.4 Å². The van der Waals surface area contributed by atoms with Crippen molar-refractivity contribution < 1.29 is 22.1 Å². The second-order valence-corrected chi connectivity index (χ2v) is 1.54. The molecule has 0 aromatic carbocycles. The van der Waals surface area contributed by atoms with Crippen molar-refractivity contribution in [2.45, 2.75) is 0 Å². The molecule has 0 atom stereocenters. The van der Waals surface area contributed by atoms with Crippen LogP contribution in [-0.4, -0.2) is 77.5 Å². The maximum absolute atomic E-state index is 8.88. The Bertz CT molecular complexity index is 64.7. The second kappa shape index (κ2) is 6.25. The number of phosphoric acid groups is 1. The summed E-state index contributed by atoms with van der Waals surface area (Å²) in [7, 11) is -4.64. The predicted octanol–water partition coefficient (Wildman–Crippen LogP) is -2.27. The first kappa shape index (κ1) is 16.1. The standard InChI is InChI=1S/Al.H3O4P.Sr.5H/c;1-5(2,3)4;;;;;;/h;(H3,1,2,3,4);;;;;;/q;;+2;;;;2*-1. The third-order valence-corrected chi connectivity index (χ3v) is 0. The first-order chi connectivity index (χ1) is 2.00. The average Bonchev–Trinajstić information content (AvgIpc) is 0.722. The zero-order valence-electron chi connectivity index (χ0n) is 4.90. The van der Waals surface area contributed by atoms with Gasteiger partial charge in [0.2, 0.25) is 0 Å². The van der Waals surface area contributed by atoms with E-state index in [4.69, 9.17) is 19.2 Å². The van der Waals surface area contributed by atoms with E-state index in [2.05, 4.69) is 0 Å². The van der Waals surface area contributed by atoms with Gasteiger partial charge in [-0.15, -0.1) is 0 Å². The monoisotopic (exact) mass is 218 g/mol. The van der Waals surface area contributed by atoms with E-state index in [9.17, 15) is 0 Å². The quantitative estimate of drug-likeness (QED) is 0.316. The SMILES string of the molecule is O=P(O)(O)O.[AlH3].[H-].[H-].[Sr+2]. The summed E-state index contributed by atoms with van der Waals surface area (Å²) in [5.41, 5.74) is 0. The second-order valence-electron chi connectivity index (χ2n) is 0.513. The van der Waals surface area contributed by atoms with Crippen molar-refractivity contribution in [2.75, 3.05) is 0 Å². The molecule has 0 aliphatic heterocycles. The minimum Gasteiger partial charge on any atom is -1.00 e. The molecule has 7 heavy (non-hydrogen) atoms. The van der Waals surface area contributed by atoms with Crippen LogP contribution in [0.15, 0.2) is 0 Å². The molecule has 0 spiro atoms. The molecular formula is H8AlO4PSr. The Morgan fingerprint density at radius 1 is 1.29 bits per heavy atom. The molecule has 42 valence electrons. The third kappa shape index (κ3) is 67.6. The van der Waals surface area contributed by atoms with Crippen molar-refractivity contribution >= 4 is 70.7 Å². The summed E-state index contributed by atoms with van der Waals surface area (Å²) in [6.45, 7) is 0. The van der Waals surface area contributed by atoms with E-state index in [1.54, 1.807) is 0 Å². The van der Waals surface area contributed by atoms with Crippen molar-refractivity contribution in [1.29, 1.82) is 0 Å². The molecular weight excluding hydrogens is 210 g/mol. The number of hydrogen-bond acceptors (Lipinski definition) is 1. The summed E-state index contributed by atoms with van der Waals surface area (Å²) in [6.07, 6.45) is 0. The van der Waals surface area contributed by atoms with Gasteiger partial charge in [0.05, 0.1) is 0 Å². The van der Waals surface area contributed by atoms with Crippen molar-refractivity contribution in [2.24, 2.45) is 0 Å². The van der Waals surface area contributed by atoms with Gasteiger partial charge in [-0.2, -0.15) is 0 Å². The zero-order valence-corrected chi connectivity index (χ0v) is 7.27. The molecule has 0 aliphatic carbocycles. The maximum atomic E-state index is 8.88. The fourth-order valence-corrected chi connectivity index (χ4v) is 0. The Morgan fingerprint density at radius 2 is 1.29 bits per heavy atom. The Balaban J connectivity index is -0.0000000133. The summed E-state index contributed by atoms with van der Waals surface area (Å²) in [5, 5.41) is 0. The first-order valence-corrected chi connectivity index (χ1v) is 2.35. The molecule has 0 aromatic rings. The molecule has 0 amide bonds. The van der Waals surface area contributed by atoms with Gasteiger partial charge in [0.1, 0.15) is 0 Å². The molecule has 0 radical (unpaired) electrons. The first-order valence-electron chi connectivity index (χ1n) is 0.783. The maximum Gasteiger partial charge on any atom is 2.00 e. The van der Waals surface area contributed by atoms with Crippen LogP contribution in [0.4, 0.5) is 0 Å². The summed E-state index contributed by atoms with van der Waals surface area (Å²) >= 11 is 0. The number of rotatable bonds is 0. The van der Waals surface area contributed by atoms with Crippen LogP contribution >= 0.6 is 7.82 Å². The summed E-state index contributed by atoms with van der Waals surface area (Å²) in [5.74, 6) is 0. The molecule has 3 N–H and O–H groups in total. The van der Waals surface area contributed by atoms with Gasteiger partial charge >= 0.3 is 53.3 Å². The van der Waals surface area contributed by atoms with Crippen LogP contribution in [0.25, 0.3) is 0 Å². The largest absolute Gasteiger partial charge is 2.00 e. The molecule has 4 nitrogen and oxygen atoms in total. The van der Waals surface area contributed by atoms with Crippen molar-refractivity contribution in [3.05, 3.63) is 0 Å². The van der Waals surface area contributed by atoms with E-state index in [1.807, 2.05) is 0 Å². The van der Waals surface area contributed by atoms with Crippen LogP contribution in [0.3, 0.4) is 0 Å². The van der Waals surface area contributed by atoms with E-state index in [1.165, 1.54) is 0 Å². The van der Waals surface area contributed by atoms with Crippen LogP contribution in [0.1, 0.15) is 2.85 Å². The minimum atomic E-state index is -4.64. The van der Waals surface area contributed by atoms with Gasteiger partial charge in [-0.1, -0.05) is 0 Å². The fourth-order valence-electron chi connectivity index (χ4n) is 0. The van der Waals surface area contributed by atoms with Crippen LogP contribution in [0, 0.1) is 0 Å². The van der Waals surface area contributed by atoms with Gasteiger partial charge in [0.25, 0.3) is 0 Å². The Kier molecular flexibility index (Phi) is 14.3. The van der Waals surface area contributed by atoms with Gasteiger partial charge in [0, 0.05) is 0 Å². The predicted molar refractivity (Wildman–Crippen MR) is 32.2 cm³/mol. The molecule has 0 saturated heterocycles. The zero-order chi connectivity index (χ0) is 4.50. The molecule has 0 rings (SSSR count). The van der Waals surface area contributed by atoms with Crippen molar-refractivity contribution in [1.82, 2.24) is 0 Å². The average molecular weight is 218 g/mol. The molecule has 0 unspecified atom stereocenters. The summed E-state index contributed by atoms with van der Waals surface area (Å²) in [4.78, 5) is 21.6. The van der Waals surface area contributed by atoms with E-state index in [-0.39, 0.29) is 65.7 Å². The van der Waals surface area contributed by atoms with Gasteiger partial charge in [-0.05, 0) is 0 Å². The van der Waals surface area contributed by atoms with Crippen LogP contribution in [-0.2, 0) is 4.57 Å². The van der Waals surface area contributed by atoms with Gasteiger partial charge in [-0.25, -0.2) is 4.57 Å². The van der Waals surface area contributed by atoms with Crippen LogP contribution < -0.4 is 0 Å². The summed E-state index contributed by atoms with van der Waals surface area (Å²) < 4.78 is 8.88. The van der Waals surface area contributed by atoms with E-state index in [0.717, 1.165) is 0 Å². The topological polar surface area (TPSA) is 77.8 Å². The van der Waals surface area contributed by atoms with Crippen LogP contribution in [0.5, 0.6) is 0 Å². The molecule has 0 aromatic heterocycles. The van der Waals surface area contributed by atoms with Gasteiger partial charge in [-0.3, -0.25) is 0 Å². The van der Waals surface area contributed by atoms with Crippen molar-refractivity contribution in [3.63, 3.8) is 0 Å². The summed E-state index contributed by atoms with van der Waals surface area (Å²) in [6, 6.07) is 0. The van der Waals surface area contributed by atoms with Crippen molar-refractivity contribution in [3.8, 4) is 0 Å². The van der Waals surface area contributed by atoms with Crippen LogP contribution in [0.2, 0.25) is 0 Å². The molecule has 0 aliphatic rings. The molecule has 0 heterocycles. The Hall–Kier alpha value is 2.12. The normalized spacial score (nSPS) is 8.43. The Labute approximate surface area is 91.5 Å². The molecule has 0 fully saturated rings. The van der Waals surface area contributed by atoms with Gasteiger partial charge < -0.3 is 17.5 Å². The minimum absolute atomic E-state index is 0. The molecule has 0 bridgehead atoms. The molecule has 0 saturated carbocycles. The van der Waals surface area contributed by atoms with E-state index < -0.39 is 7.82 Å². The number of hydrogen-bond donors (Lipinski definition) is 3.